The van der Waals surface area contributed by atoms with Crippen LogP contribution in [0.5, 0.6) is 0 Å². The fourth-order valence-corrected chi connectivity index (χ4v) is 1.39. The van der Waals surface area contributed by atoms with E-state index in [1.54, 1.807) is 0 Å². The fourth-order valence-electron chi connectivity index (χ4n) is 1.39. The molecule has 1 aliphatic rings. The molecule has 1 radical (unpaired) electrons. The van der Waals surface area contributed by atoms with Crippen LogP contribution in [0, 0.1) is 6.92 Å². The number of piperidine rings is 1. The van der Waals surface area contributed by atoms with E-state index in [1.165, 1.54) is 6.42 Å². The molecule has 0 aromatic rings. The van der Waals surface area contributed by atoms with Gasteiger partial charge >= 0.3 is 0 Å². The highest BCUT2D eigenvalue weighted by molar-refractivity contribution is 5.77. The second-order valence-electron chi connectivity index (χ2n) is 2.99. The van der Waals surface area contributed by atoms with E-state index in [0.29, 0.717) is 6.61 Å². The van der Waals surface area contributed by atoms with Gasteiger partial charge in [0, 0.05) is 19.7 Å². The normalized spacial score (nSPS) is 17.9. The molecule has 1 aliphatic heterocycles. The Morgan fingerprint density at radius 1 is 1.33 bits per heavy atom. The molecule has 0 atom stereocenters. The van der Waals surface area contributed by atoms with E-state index in [4.69, 9.17) is 4.74 Å². The minimum Gasteiger partial charge on any atom is -0.372 e. The summed E-state index contributed by atoms with van der Waals surface area (Å²) in [4.78, 5) is 13.2. The summed E-state index contributed by atoms with van der Waals surface area (Å²) in [5.74, 6) is 0.110. The van der Waals surface area contributed by atoms with Crippen LogP contribution in [0.3, 0.4) is 0 Å². The van der Waals surface area contributed by atoms with Crippen LogP contribution in [-0.2, 0) is 9.53 Å². The molecule has 1 fully saturated rings. The van der Waals surface area contributed by atoms with Gasteiger partial charge in [0.25, 0.3) is 0 Å². The fraction of sp³-hybridized carbons (Fsp3) is 0.778. The molecular formula is C9H16NO2. The van der Waals surface area contributed by atoms with Crippen molar-refractivity contribution in [2.45, 2.75) is 19.3 Å². The van der Waals surface area contributed by atoms with Crippen molar-refractivity contribution >= 4 is 5.91 Å². The molecule has 0 saturated carbocycles. The number of carbonyl (C=O) groups is 1. The minimum absolute atomic E-state index is 0.110. The van der Waals surface area contributed by atoms with Crippen molar-refractivity contribution in [3.63, 3.8) is 0 Å². The average Bonchev–Trinajstić information content (AvgIpc) is 2.15. The van der Waals surface area contributed by atoms with E-state index in [0.717, 1.165) is 25.9 Å². The average molecular weight is 170 g/mol. The van der Waals surface area contributed by atoms with Crippen molar-refractivity contribution in [2.75, 3.05) is 26.3 Å². The first-order valence-corrected chi connectivity index (χ1v) is 4.49. The van der Waals surface area contributed by atoms with Gasteiger partial charge in [0.2, 0.25) is 5.91 Å². The van der Waals surface area contributed by atoms with Crippen LogP contribution in [0.4, 0.5) is 0 Å². The van der Waals surface area contributed by atoms with Gasteiger partial charge in [-0.1, -0.05) is 0 Å². The van der Waals surface area contributed by atoms with Crippen molar-refractivity contribution < 1.29 is 9.53 Å². The highest BCUT2D eigenvalue weighted by Crippen LogP contribution is 2.08. The predicted molar refractivity (Wildman–Crippen MR) is 46.6 cm³/mol. The van der Waals surface area contributed by atoms with Crippen molar-refractivity contribution in [2.24, 2.45) is 0 Å². The molecule has 0 spiro atoms. The van der Waals surface area contributed by atoms with Crippen LogP contribution >= 0.6 is 0 Å². The Morgan fingerprint density at radius 2 is 2.00 bits per heavy atom. The van der Waals surface area contributed by atoms with Crippen molar-refractivity contribution in [3.8, 4) is 0 Å². The van der Waals surface area contributed by atoms with Crippen LogP contribution in [0.1, 0.15) is 19.3 Å². The molecule has 1 heterocycles. The van der Waals surface area contributed by atoms with Gasteiger partial charge in [0.05, 0.1) is 0 Å². The zero-order chi connectivity index (χ0) is 8.81. The Bertz CT molecular complexity index is 141. The van der Waals surface area contributed by atoms with Gasteiger partial charge in [0.15, 0.2) is 0 Å². The third-order valence-electron chi connectivity index (χ3n) is 2.08. The monoisotopic (exact) mass is 170 g/mol. The second-order valence-corrected chi connectivity index (χ2v) is 2.99. The maximum absolute atomic E-state index is 11.3. The van der Waals surface area contributed by atoms with E-state index in [-0.39, 0.29) is 12.5 Å². The third-order valence-corrected chi connectivity index (χ3v) is 2.08. The largest absolute Gasteiger partial charge is 0.372 e. The number of ether oxygens (including phenoxy) is 1. The lowest BCUT2D eigenvalue weighted by molar-refractivity contribution is -0.136. The van der Waals surface area contributed by atoms with Gasteiger partial charge in [-0.15, -0.1) is 0 Å². The summed E-state index contributed by atoms with van der Waals surface area (Å²) >= 11 is 0. The number of hydrogen-bond acceptors (Lipinski definition) is 2. The van der Waals surface area contributed by atoms with Crippen LogP contribution < -0.4 is 0 Å². The lowest BCUT2D eigenvalue weighted by Gasteiger charge is -2.26. The zero-order valence-corrected chi connectivity index (χ0v) is 7.42. The molecule has 0 aliphatic carbocycles. The number of rotatable bonds is 3. The number of nitrogens with zero attached hydrogens (tertiary/aromatic N) is 1. The first kappa shape index (κ1) is 9.52. The van der Waals surface area contributed by atoms with E-state index >= 15 is 0 Å². The van der Waals surface area contributed by atoms with Gasteiger partial charge in [-0.25, -0.2) is 0 Å². The Balaban J connectivity index is 2.20. The van der Waals surface area contributed by atoms with Gasteiger partial charge < -0.3 is 9.64 Å². The Morgan fingerprint density at radius 3 is 2.58 bits per heavy atom. The maximum Gasteiger partial charge on any atom is 0.248 e. The van der Waals surface area contributed by atoms with Crippen molar-refractivity contribution in [3.05, 3.63) is 6.92 Å². The summed E-state index contributed by atoms with van der Waals surface area (Å²) in [7, 11) is 0. The molecular weight excluding hydrogens is 154 g/mol. The summed E-state index contributed by atoms with van der Waals surface area (Å²) in [6.07, 6.45) is 3.52. The highest BCUT2D eigenvalue weighted by Gasteiger charge is 2.15. The predicted octanol–water partition coefficient (Wildman–Crippen LogP) is 0.850. The summed E-state index contributed by atoms with van der Waals surface area (Å²) < 4.78 is 4.95. The summed E-state index contributed by atoms with van der Waals surface area (Å²) in [5.41, 5.74) is 0. The highest BCUT2D eigenvalue weighted by atomic mass is 16.5. The van der Waals surface area contributed by atoms with Gasteiger partial charge in [-0.3, -0.25) is 4.79 Å². The Kier molecular flexibility index (Phi) is 4.08. The topological polar surface area (TPSA) is 29.5 Å². The molecule has 3 heteroatoms. The van der Waals surface area contributed by atoms with E-state index in [9.17, 15) is 4.79 Å². The number of amides is 1. The minimum atomic E-state index is 0.110. The van der Waals surface area contributed by atoms with Crippen LogP contribution in [-0.4, -0.2) is 37.1 Å². The molecule has 3 nitrogen and oxygen atoms in total. The molecule has 1 saturated heterocycles. The smallest absolute Gasteiger partial charge is 0.248 e. The summed E-state index contributed by atoms with van der Waals surface area (Å²) in [6, 6.07) is 0. The molecule has 1 amide bonds. The zero-order valence-electron chi connectivity index (χ0n) is 7.42. The summed E-state index contributed by atoms with van der Waals surface area (Å²) in [5, 5.41) is 0. The molecule has 0 N–H and O–H groups in total. The molecule has 69 valence electrons. The van der Waals surface area contributed by atoms with Crippen LogP contribution in [0.25, 0.3) is 0 Å². The quantitative estimate of drug-likeness (QED) is 0.628. The number of hydrogen-bond donors (Lipinski definition) is 0. The van der Waals surface area contributed by atoms with Gasteiger partial charge in [-0.05, 0) is 26.2 Å². The van der Waals surface area contributed by atoms with Crippen molar-refractivity contribution in [1.29, 1.82) is 0 Å². The third kappa shape index (κ3) is 2.81. The second kappa shape index (κ2) is 5.14. The maximum atomic E-state index is 11.3. The van der Waals surface area contributed by atoms with E-state index in [2.05, 4.69) is 6.92 Å². The molecule has 12 heavy (non-hydrogen) atoms. The summed E-state index contributed by atoms with van der Waals surface area (Å²) in [6.45, 7) is 5.89. The van der Waals surface area contributed by atoms with Gasteiger partial charge in [0.1, 0.15) is 6.61 Å². The van der Waals surface area contributed by atoms with Gasteiger partial charge in [-0.2, -0.15) is 0 Å². The SMILES string of the molecule is [CH2]COCC(=O)N1CCCCC1. The number of likely N-dealkylation sites (tertiary alicyclic amines) is 1. The first-order valence-electron chi connectivity index (χ1n) is 4.49. The molecule has 0 aromatic heterocycles. The first-order chi connectivity index (χ1) is 5.84. The van der Waals surface area contributed by atoms with Crippen LogP contribution in [0.2, 0.25) is 0 Å². The molecule has 0 unspecified atom stereocenters. The lowest BCUT2D eigenvalue weighted by atomic mass is 10.1. The Hall–Kier alpha value is -0.570. The standard InChI is InChI=1S/C9H16NO2/c1-2-12-8-9(11)10-6-4-3-5-7-10/h1-8H2. The van der Waals surface area contributed by atoms with E-state index in [1.807, 2.05) is 4.90 Å². The van der Waals surface area contributed by atoms with Crippen LogP contribution in [0.15, 0.2) is 0 Å². The Labute approximate surface area is 73.7 Å². The molecule has 1 rings (SSSR count). The van der Waals surface area contributed by atoms with Crippen molar-refractivity contribution in [1.82, 2.24) is 4.90 Å². The molecule has 0 bridgehead atoms. The van der Waals surface area contributed by atoms with E-state index < -0.39 is 0 Å². The molecule has 0 aromatic carbocycles. The lowest BCUT2D eigenvalue weighted by Crippen LogP contribution is -2.37. The number of carbonyl (C=O) groups excluding carboxylic acids is 1.